The molecule has 0 spiro atoms. The lowest BCUT2D eigenvalue weighted by atomic mass is 10.3. The van der Waals surface area contributed by atoms with Gasteiger partial charge in [0.1, 0.15) is 0 Å². The highest BCUT2D eigenvalue weighted by Gasteiger charge is 2.12. The molecule has 0 bridgehead atoms. The molecule has 0 fully saturated rings. The zero-order valence-electron chi connectivity index (χ0n) is 9.47. The molecule has 1 aromatic rings. The highest BCUT2D eigenvalue weighted by Crippen LogP contribution is 2.22. The van der Waals surface area contributed by atoms with Crippen LogP contribution in [-0.2, 0) is 20.0 Å². The van der Waals surface area contributed by atoms with Crippen LogP contribution >= 0.6 is 0 Å². The Morgan fingerprint density at radius 2 is 1.47 bits per heavy atom. The molecule has 2 N–H and O–H groups in total. The maximum absolute atomic E-state index is 11.4. The van der Waals surface area contributed by atoms with Gasteiger partial charge in [0.2, 0.25) is 20.0 Å². The van der Waals surface area contributed by atoms with Gasteiger partial charge in [-0.3, -0.25) is 9.44 Å². The van der Waals surface area contributed by atoms with Gasteiger partial charge in [-0.1, -0.05) is 12.1 Å². The fourth-order valence-electron chi connectivity index (χ4n) is 1.10. The number of hydrogen-bond donors (Lipinski definition) is 2. The third kappa shape index (κ3) is 4.61. The molecule has 6 nitrogen and oxygen atoms in total. The normalized spacial score (nSPS) is 12.1. The van der Waals surface area contributed by atoms with Crippen molar-refractivity contribution < 1.29 is 16.8 Å². The van der Waals surface area contributed by atoms with Gasteiger partial charge in [0.25, 0.3) is 0 Å². The van der Waals surface area contributed by atoms with Crippen molar-refractivity contribution in [2.45, 2.75) is 6.92 Å². The summed E-state index contributed by atoms with van der Waals surface area (Å²) in [4.78, 5) is 0. The van der Waals surface area contributed by atoms with E-state index >= 15 is 0 Å². The number of para-hydroxylation sites is 2. The van der Waals surface area contributed by atoms with E-state index in [9.17, 15) is 16.8 Å². The Bertz CT molecular complexity index is 593. The molecular weight excluding hydrogens is 264 g/mol. The van der Waals surface area contributed by atoms with Crippen molar-refractivity contribution >= 4 is 31.4 Å². The molecule has 0 amide bonds. The second-order valence-corrected chi connectivity index (χ2v) is 7.18. The Kier molecular flexibility index (Phi) is 3.99. The average molecular weight is 278 g/mol. The quantitative estimate of drug-likeness (QED) is 0.834. The summed E-state index contributed by atoms with van der Waals surface area (Å²) in [5.41, 5.74) is 0.409. The zero-order chi connectivity index (χ0) is 13.1. The van der Waals surface area contributed by atoms with Gasteiger partial charge in [-0.2, -0.15) is 0 Å². The maximum atomic E-state index is 11.4. The fourth-order valence-corrected chi connectivity index (χ4v) is 2.34. The van der Waals surface area contributed by atoms with Crippen LogP contribution < -0.4 is 9.44 Å². The van der Waals surface area contributed by atoms with E-state index in [1.54, 1.807) is 12.1 Å². The Balaban J connectivity index is 3.09. The summed E-state index contributed by atoms with van der Waals surface area (Å²) in [7, 11) is -6.88. The molecular formula is C9H14N2O4S2. The minimum atomic E-state index is -3.45. The number of benzene rings is 1. The number of hydrogen-bond acceptors (Lipinski definition) is 4. The maximum Gasteiger partial charge on any atom is 0.232 e. The van der Waals surface area contributed by atoms with Gasteiger partial charge >= 0.3 is 0 Å². The second-order valence-electron chi connectivity index (χ2n) is 3.43. The van der Waals surface area contributed by atoms with Gasteiger partial charge in [-0.15, -0.1) is 0 Å². The Labute approximate surface area is 101 Å². The lowest BCUT2D eigenvalue weighted by molar-refractivity contribution is 0.601. The smallest absolute Gasteiger partial charge is 0.232 e. The highest BCUT2D eigenvalue weighted by molar-refractivity contribution is 7.92. The molecule has 0 radical (unpaired) electrons. The van der Waals surface area contributed by atoms with Gasteiger partial charge in [-0.25, -0.2) is 16.8 Å². The van der Waals surface area contributed by atoms with E-state index in [4.69, 9.17) is 0 Å². The minimum absolute atomic E-state index is 0.0831. The Morgan fingerprint density at radius 1 is 1.00 bits per heavy atom. The second kappa shape index (κ2) is 4.92. The van der Waals surface area contributed by atoms with Crippen LogP contribution in [0.3, 0.4) is 0 Å². The Hall–Kier alpha value is -1.28. The first kappa shape index (κ1) is 13.8. The molecule has 0 aliphatic carbocycles. The third-order valence-corrected chi connectivity index (χ3v) is 3.75. The van der Waals surface area contributed by atoms with Gasteiger partial charge in [-0.05, 0) is 19.1 Å². The van der Waals surface area contributed by atoms with E-state index in [1.807, 2.05) is 0 Å². The molecule has 0 heterocycles. The minimum Gasteiger partial charge on any atom is -0.282 e. The van der Waals surface area contributed by atoms with Crippen LogP contribution in [0.2, 0.25) is 0 Å². The first-order valence-corrected chi connectivity index (χ1v) is 8.35. The van der Waals surface area contributed by atoms with Crippen molar-refractivity contribution in [3.05, 3.63) is 24.3 Å². The van der Waals surface area contributed by atoms with Gasteiger partial charge in [0.05, 0.1) is 23.4 Å². The lowest BCUT2D eigenvalue weighted by Crippen LogP contribution is -2.17. The predicted molar refractivity (Wildman–Crippen MR) is 68.0 cm³/mol. The van der Waals surface area contributed by atoms with Crippen molar-refractivity contribution in [2.75, 3.05) is 21.5 Å². The molecule has 17 heavy (non-hydrogen) atoms. The SMILES string of the molecule is CCS(=O)(=O)Nc1ccccc1NS(C)(=O)=O. The van der Waals surface area contributed by atoms with E-state index in [-0.39, 0.29) is 17.1 Å². The van der Waals surface area contributed by atoms with Crippen molar-refractivity contribution in [2.24, 2.45) is 0 Å². The van der Waals surface area contributed by atoms with Crippen LogP contribution in [0.4, 0.5) is 11.4 Å². The van der Waals surface area contributed by atoms with Crippen molar-refractivity contribution in [1.82, 2.24) is 0 Å². The number of anilines is 2. The molecule has 0 aliphatic heterocycles. The van der Waals surface area contributed by atoms with E-state index in [0.717, 1.165) is 6.26 Å². The summed E-state index contributed by atoms with van der Waals surface area (Å²) in [5, 5.41) is 0. The largest absolute Gasteiger partial charge is 0.282 e. The molecule has 0 aliphatic rings. The van der Waals surface area contributed by atoms with Crippen LogP contribution in [0.1, 0.15) is 6.92 Å². The third-order valence-electron chi connectivity index (χ3n) is 1.87. The summed E-state index contributed by atoms with van der Waals surface area (Å²) < 4.78 is 49.5. The highest BCUT2D eigenvalue weighted by atomic mass is 32.2. The molecule has 0 atom stereocenters. The molecule has 0 unspecified atom stereocenters. The van der Waals surface area contributed by atoms with Crippen LogP contribution in [0.5, 0.6) is 0 Å². The standard InChI is InChI=1S/C9H14N2O4S2/c1-3-17(14,15)11-9-7-5-4-6-8(9)10-16(2,12)13/h4-7,10-11H,3H2,1-2H3. The number of rotatable bonds is 5. The summed E-state index contributed by atoms with van der Waals surface area (Å²) >= 11 is 0. The topological polar surface area (TPSA) is 92.3 Å². The van der Waals surface area contributed by atoms with E-state index in [1.165, 1.54) is 19.1 Å². The predicted octanol–water partition coefficient (Wildman–Crippen LogP) is 0.820. The molecule has 1 rings (SSSR count). The van der Waals surface area contributed by atoms with Crippen LogP contribution in [0.25, 0.3) is 0 Å². The van der Waals surface area contributed by atoms with Crippen molar-refractivity contribution in [3.8, 4) is 0 Å². The van der Waals surface area contributed by atoms with Crippen LogP contribution in [0, 0.1) is 0 Å². The molecule has 8 heteroatoms. The number of sulfonamides is 2. The first-order chi connectivity index (χ1) is 7.73. The van der Waals surface area contributed by atoms with Crippen molar-refractivity contribution in [1.29, 1.82) is 0 Å². The monoisotopic (exact) mass is 278 g/mol. The first-order valence-electron chi connectivity index (χ1n) is 4.81. The van der Waals surface area contributed by atoms with Gasteiger partial charge in [0.15, 0.2) is 0 Å². The average Bonchev–Trinajstić information content (AvgIpc) is 2.19. The molecule has 96 valence electrons. The molecule has 0 saturated heterocycles. The van der Waals surface area contributed by atoms with Gasteiger partial charge < -0.3 is 0 Å². The number of nitrogens with one attached hydrogen (secondary N) is 2. The van der Waals surface area contributed by atoms with Crippen molar-refractivity contribution in [3.63, 3.8) is 0 Å². The molecule has 1 aromatic carbocycles. The molecule has 0 saturated carbocycles. The van der Waals surface area contributed by atoms with E-state index in [2.05, 4.69) is 9.44 Å². The summed E-state index contributed by atoms with van der Waals surface area (Å²) in [6.45, 7) is 1.49. The summed E-state index contributed by atoms with van der Waals surface area (Å²) in [6.07, 6.45) is 0.998. The summed E-state index contributed by atoms with van der Waals surface area (Å²) in [5.74, 6) is -0.0831. The summed E-state index contributed by atoms with van der Waals surface area (Å²) in [6, 6.07) is 6.19. The molecule has 0 aromatic heterocycles. The van der Waals surface area contributed by atoms with E-state index < -0.39 is 20.0 Å². The van der Waals surface area contributed by atoms with E-state index in [0.29, 0.717) is 0 Å². The Morgan fingerprint density at radius 3 is 1.88 bits per heavy atom. The lowest BCUT2D eigenvalue weighted by Gasteiger charge is -2.12. The van der Waals surface area contributed by atoms with Crippen LogP contribution in [-0.4, -0.2) is 28.8 Å². The fraction of sp³-hybridized carbons (Fsp3) is 0.333. The van der Waals surface area contributed by atoms with Crippen LogP contribution in [0.15, 0.2) is 24.3 Å². The zero-order valence-corrected chi connectivity index (χ0v) is 11.1. The van der Waals surface area contributed by atoms with Gasteiger partial charge in [0, 0.05) is 0 Å².